The summed E-state index contributed by atoms with van der Waals surface area (Å²) in [5.41, 5.74) is 9.51. The largest absolute Gasteiger partial charge is 0.370 e. The molecule has 33 heavy (non-hydrogen) atoms. The Labute approximate surface area is 195 Å². The van der Waals surface area contributed by atoms with E-state index in [0.29, 0.717) is 11.1 Å². The van der Waals surface area contributed by atoms with Crippen LogP contribution in [0.1, 0.15) is 65.6 Å². The number of nitriles is 2. The van der Waals surface area contributed by atoms with Crippen molar-refractivity contribution in [3.63, 3.8) is 0 Å². The number of hydrogen-bond donors (Lipinski definition) is 0. The quantitative estimate of drug-likeness (QED) is 0.413. The van der Waals surface area contributed by atoms with Crippen LogP contribution in [0.4, 0.5) is 5.69 Å². The lowest BCUT2D eigenvalue weighted by atomic mass is 9.74. The zero-order chi connectivity index (χ0) is 23.3. The van der Waals surface area contributed by atoms with Crippen LogP contribution in [0.3, 0.4) is 0 Å². The average molecular weight is 430 g/mol. The standard InChI is InChI=1S/C30H27N3/c1-19-5-9-24-23(26(19)17-31)10-8-22(27(24)18-32)7-6-21-15-25-20(2)11-13-33-14-12-30(3,4)28(16-21)29(25)33/h5-10,15-16H,2,11-14H2,1,3-4H3. The van der Waals surface area contributed by atoms with Crippen LogP contribution in [0.5, 0.6) is 0 Å². The number of fused-ring (bicyclic) bond motifs is 1. The van der Waals surface area contributed by atoms with Gasteiger partial charge < -0.3 is 4.90 Å². The lowest BCUT2D eigenvalue weighted by Gasteiger charge is -2.44. The van der Waals surface area contributed by atoms with Crippen LogP contribution >= 0.6 is 0 Å². The zero-order valence-electron chi connectivity index (χ0n) is 19.5. The summed E-state index contributed by atoms with van der Waals surface area (Å²) in [5.74, 6) is 0. The van der Waals surface area contributed by atoms with E-state index in [0.717, 1.165) is 53.4 Å². The maximum Gasteiger partial charge on any atom is 0.100 e. The minimum atomic E-state index is 0.119. The Hall–Kier alpha value is -3.82. The Morgan fingerprint density at radius 1 is 0.970 bits per heavy atom. The molecule has 2 heterocycles. The Bertz CT molecular complexity index is 1440. The molecule has 3 aromatic carbocycles. The van der Waals surface area contributed by atoms with Crippen molar-refractivity contribution in [2.75, 3.05) is 18.0 Å². The van der Waals surface area contributed by atoms with Crippen molar-refractivity contribution in [1.29, 1.82) is 10.5 Å². The molecule has 0 fully saturated rings. The van der Waals surface area contributed by atoms with Gasteiger partial charge in [0.1, 0.15) is 12.1 Å². The van der Waals surface area contributed by atoms with Gasteiger partial charge in [-0.05, 0) is 65.1 Å². The summed E-state index contributed by atoms with van der Waals surface area (Å²) in [5, 5.41) is 21.2. The van der Waals surface area contributed by atoms with Crippen LogP contribution in [0.25, 0.3) is 28.5 Å². The predicted molar refractivity (Wildman–Crippen MR) is 137 cm³/mol. The monoisotopic (exact) mass is 429 g/mol. The number of hydrogen-bond acceptors (Lipinski definition) is 3. The maximum absolute atomic E-state index is 9.94. The Kier molecular flexibility index (Phi) is 4.88. The van der Waals surface area contributed by atoms with Gasteiger partial charge in [0, 0.05) is 35.1 Å². The van der Waals surface area contributed by atoms with Crippen molar-refractivity contribution >= 4 is 34.2 Å². The molecule has 2 aliphatic heterocycles. The van der Waals surface area contributed by atoms with Gasteiger partial charge in [-0.2, -0.15) is 10.5 Å². The van der Waals surface area contributed by atoms with Gasteiger partial charge in [-0.15, -0.1) is 0 Å². The zero-order valence-corrected chi connectivity index (χ0v) is 19.5. The van der Waals surface area contributed by atoms with Crippen LogP contribution in [-0.2, 0) is 5.41 Å². The lowest BCUT2D eigenvalue weighted by molar-refractivity contribution is 0.452. The number of rotatable bonds is 2. The minimum Gasteiger partial charge on any atom is -0.370 e. The smallest absolute Gasteiger partial charge is 0.100 e. The number of aryl methyl sites for hydroxylation is 1. The highest BCUT2D eigenvalue weighted by Crippen LogP contribution is 2.47. The Morgan fingerprint density at radius 3 is 2.45 bits per heavy atom. The molecule has 0 aromatic heterocycles. The summed E-state index contributed by atoms with van der Waals surface area (Å²) in [6.07, 6.45) is 6.28. The van der Waals surface area contributed by atoms with Gasteiger partial charge in [-0.3, -0.25) is 0 Å². The topological polar surface area (TPSA) is 50.8 Å². The first-order valence-electron chi connectivity index (χ1n) is 11.5. The number of nitrogens with zero attached hydrogens (tertiary/aromatic N) is 3. The molecule has 0 bridgehead atoms. The van der Waals surface area contributed by atoms with E-state index < -0.39 is 0 Å². The average Bonchev–Trinajstić information content (AvgIpc) is 2.81. The summed E-state index contributed by atoms with van der Waals surface area (Å²) >= 11 is 0. The predicted octanol–water partition coefficient (Wildman–Crippen LogP) is 6.97. The highest BCUT2D eigenvalue weighted by atomic mass is 15.1. The van der Waals surface area contributed by atoms with Crippen molar-refractivity contribution in [1.82, 2.24) is 0 Å². The Balaban J connectivity index is 1.63. The van der Waals surface area contributed by atoms with Gasteiger partial charge in [-0.25, -0.2) is 0 Å². The summed E-state index contributed by atoms with van der Waals surface area (Å²) in [7, 11) is 0. The van der Waals surface area contributed by atoms with E-state index in [-0.39, 0.29) is 5.41 Å². The second-order valence-electron chi connectivity index (χ2n) is 9.88. The molecule has 0 amide bonds. The fourth-order valence-electron chi connectivity index (χ4n) is 5.30. The van der Waals surface area contributed by atoms with Crippen molar-refractivity contribution in [2.24, 2.45) is 0 Å². The van der Waals surface area contributed by atoms with Crippen LogP contribution in [0.15, 0.2) is 43.0 Å². The van der Waals surface area contributed by atoms with E-state index in [1.807, 2.05) is 37.3 Å². The number of anilines is 1. The molecule has 3 aromatic rings. The second-order valence-corrected chi connectivity index (χ2v) is 9.88. The molecule has 0 aliphatic carbocycles. The normalized spacial score (nSPS) is 16.5. The van der Waals surface area contributed by atoms with Gasteiger partial charge in [-0.1, -0.05) is 56.8 Å². The fourth-order valence-corrected chi connectivity index (χ4v) is 5.30. The fraction of sp³-hybridized carbons (Fsp3) is 0.267. The van der Waals surface area contributed by atoms with Gasteiger partial charge in [0.2, 0.25) is 0 Å². The van der Waals surface area contributed by atoms with Gasteiger partial charge in [0.15, 0.2) is 0 Å². The van der Waals surface area contributed by atoms with Gasteiger partial charge >= 0.3 is 0 Å². The highest BCUT2D eigenvalue weighted by Gasteiger charge is 2.35. The first-order valence-corrected chi connectivity index (χ1v) is 11.5. The summed E-state index contributed by atoms with van der Waals surface area (Å²) in [4.78, 5) is 2.52. The number of benzene rings is 3. The van der Waals surface area contributed by atoms with Crippen molar-refractivity contribution in [3.05, 3.63) is 81.9 Å². The van der Waals surface area contributed by atoms with Crippen molar-refractivity contribution < 1.29 is 0 Å². The van der Waals surface area contributed by atoms with Crippen molar-refractivity contribution in [3.8, 4) is 12.1 Å². The molecule has 5 rings (SSSR count). The van der Waals surface area contributed by atoms with Crippen molar-refractivity contribution in [2.45, 2.75) is 39.0 Å². The van der Waals surface area contributed by atoms with E-state index >= 15 is 0 Å². The molecule has 0 saturated heterocycles. The molecule has 0 unspecified atom stereocenters. The molecule has 2 aliphatic rings. The SMILES string of the molecule is C=C1CCN2CCC(C)(C)c3cc(C=Cc4ccc5c(C#N)c(C)ccc5c4C#N)cc1c32. The minimum absolute atomic E-state index is 0.119. The van der Waals surface area contributed by atoms with E-state index in [9.17, 15) is 10.5 Å². The molecule has 0 N–H and O–H groups in total. The molecule has 3 nitrogen and oxygen atoms in total. The van der Waals surface area contributed by atoms with E-state index in [1.165, 1.54) is 22.4 Å². The second kappa shape index (κ2) is 7.65. The van der Waals surface area contributed by atoms with Crippen LogP contribution in [0.2, 0.25) is 0 Å². The Morgan fingerprint density at radius 2 is 1.70 bits per heavy atom. The molecule has 0 saturated carbocycles. The third-order valence-electron chi connectivity index (χ3n) is 7.37. The highest BCUT2D eigenvalue weighted by molar-refractivity contribution is 5.96. The van der Waals surface area contributed by atoms with Crippen LogP contribution in [-0.4, -0.2) is 13.1 Å². The van der Waals surface area contributed by atoms with E-state index in [1.54, 1.807) is 0 Å². The first kappa shape index (κ1) is 21.0. The molecule has 3 heteroatoms. The molecule has 0 radical (unpaired) electrons. The summed E-state index contributed by atoms with van der Waals surface area (Å²) in [6.45, 7) is 13.1. The van der Waals surface area contributed by atoms with Crippen LogP contribution in [0, 0.1) is 29.6 Å². The third kappa shape index (κ3) is 3.33. The molecular formula is C30H27N3. The summed E-state index contributed by atoms with van der Waals surface area (Å²) in [6, 6.07) is 17.0. The third-order valence-corrected chi connectivity index (χ3v) is 7.37. The lowest BCUT2D eigenvalue weighted by Crippen LogP contribution is -2.40. The molecular weight excluding hydrogens is 402 g/mol. The first-order chi connectivity index (χ1) is 15.8. The molecule has 0 spiro atoms. The molecule has 0 atom stereocenters. The van der Waals surface area contributed by atoms with Crippen LogP contribution < -0.4 is 4.90 Å². The van der Waals surface area contributed by atoms with Gasteiger partial charge in [0.05, 0.1) is 11.1 Å². The maximum atomic E-state index is 9.94. The van der Waals surface area contributed by atoms with E-state index in [2.05, 4.69) is 55.7 Å². The molecule has 162 valence electrons. The van der Waals surface area contributed by atoms with Gasteiger partial charge in [0.25, 0.3) is 0 Å². The summed E-state index contributed by atoms with van der Waals surface area (Å²) < 4.78 is 0. The van der Waals surface area contributed by atoms with E-state index in [4.69, 9.17) is 0 Å².